The van der Waals surface area contributed by atoms with Gasteiger partial charge in [-0.1, -0.05) is 18.2 Å². The Kier molecular flexibility index (Phi) is 4.36. The molecule has 0 bridgehead atoms. The van der Waals surface area contributed by atoms with Crippen LogP contribution in [0.4, 0.5) is 5.69 Å². The molecule has 0 aliphatic carbocycles. The van der Waals surface area contributed by atoms with Crippen molar-refractivity contribution in [1.82, 2.24) is 0 Å². The first-order chi connectivity index (χ1) is 9.13. The van der Waals surface area contributed by atoms with Crippen LogP contribution < -0.4 is 10.2 Å². The van der Waals surface area contributed by atoms with E-state index in [4.69, 9.17) is 4.42 Å². The van der Waals surface area contributed by atoms with Crippen LogP contribution >= 0.6 is 0 Å². The molecule has 1 aromatic carbocycles. The predicted molar refractivity (Wildman–Crippen MR) is 74.0 cm³/mol. The van der Waals surface area contributed by atoms with Crippen LogP contribution in [0.15, 0.2) is 46.9 Å². The van der Waals surface area contributed by atoms with E-state index in [0.717, 1.165) is 22.1 Å². The molecular weight excluding hydrogens is 240 g/mol. The van der Waals surface area contributed by atoms with Crippen LogP contribution in [0.1, 0.15) is 11.5 Å². The molecule has 1 amide bonds. The maximum Gasteiger partial charge on any atom is 0.279 e. The molecule has 100 valence electrons. The predicted octanol–water partition coefficient (Wildman–Crippen LogP) is 1.24. The number of anilines is 1. The molecule has 0 aliphatic rings. The molecule has 0 saturated heterocycles. The summed E-state index contributed by atoms with van der Waals surface area (Å²) in [6.07, 6.45) is 0. The van der Waals surface area contributed by atoms with Gasteiger partial charge in [0.1, 0.15) is 12.3 Å². The summed E-state index contributed by atoms with van der Waals surface area (Å²) in [6.45, 7) is 3.03. The number of hydrogen-bond acceptors (Lipinski definition) is 2. The summed E-state index contributed by atoms with van der Waals surface area (Å²) in [7, 11) is 1.97. The van der Waals surface area contributed by atoms with Crippen molar-refractivity contribution in [1.29, 1.82) is 0 Å². The largest absolute Gasteiger partial charge is 0.460 e. The third-order valence-electron chi connectivity index (χ3n) is 2.79. The first-order valence-electron chi connectivity index (χ1n) is 6.35. The number of hydrogen-bond donors (Lipinski definition) is 2. The number of carbonyl (C=O) groups excluding carboxylic acids is 1. The monoisotopic (exact) mass is 259 g/mol. The minimum Gasteiger partial charge on any atom is -0.460 e. The Balaban J connectivity index is 1.82. The smallest absolute Gasteiger partial charge is 0.279 e. The van der Waals surface area contributed by atoms with Crippen LogP contribution in [-0.4, -0.2) is 19.5 Å². The molecule has 2 rings (SSSR count). The minimum absolute atomic E-state index is 0.00646. The van der Waals surface area contributed by atoms with E-state index < -0.39 is 0 Å². The maximum absolute atomic E-state index is 11.9. The van der Waals surface area contributed by atoms with Gasteiger partial charge in [-0.2, -0.15) is 0 Å². The molecule has 0 aliphatic heterocycles. The van der Waals surface area contributed by atoms with Gasteiger partial charge in [-0.05, 0) is 31.2 Å². The molecule has 2 aromatic rings. The van der Waals surface area contributed by atoms with E-state index in [0.29, 0.717) is 13.1 Å². The second kappa shape index (κ2) is 6.20. The highest BCUT2D eigenvalue weighted by molar-refractivity contribution is 5.91. The molecule has 0 fully saturated rings. The molecular formula is C15H19N2O2+. The SMILES string of the molecule is Cc1ccc(C[NH+](C)CC(=O)Nc2ccccc2)o1. The van der Waals surface area contributed by atoms with E-state index in [9.17, 15) is 4.79 Å². The van der Waals surface area contributed by atoms with E-state index in [-0.39, 0.29) is 5.91 Å². The molecule has 0 saturated carbocycles. The summed E-state index contributed by atoms with van der Waals surface area (Å²) in [4.78, 5) is 12.9. The number of carbonyl (C=O) groups is 1. The number of furan rings is 1. The lowest BCUT2D eigenvalue weighted by molar-refractivity contribution is -0.886. The van der Waals surface area contributed by atoms with Crippen molar-refractivity contribution in [2.75, 3.05) is 18.9 Å². The first-order valence-corrected chi connectivity index (χ1v) is 6.35. The molecule has 19 heavy (non-hydrogen) atoms. The van der Waals surface area contributed by atoms with Crippen molar-refractivity contribution in [2.24, 2.45) is 0 Å². The van der Waals surface area contributed by atoms with Gasteiger partial charge in [0.2, 0.25) is 0 Å². The highest BCUT2D eigenvalue weighted by Crippen LogP contribution is 2.05. The fourth-order valence-electron chi connectivity index (χ4n) is 1.94. The number of benzene rings is 1. The van der Waals surface area contributed by atoms with Gasteiger partial charge in [-0.25, -0.2) is 0 Å². The maximum atomic E-state index is 11.9. The lowest BCUT2D eigenvalue weighted by atomic mass is 10.3. The molecule has 2 N–H and O–H groups in total. The van der Waals surface area contributed by atoms with Crippen molar-refractivity contribution in [3.63, 3.8) is 0 Å². The Hall–Kier alpha value is -2.07. The molecule has 0 spiro atoms. The van der Waals surface area contributed by atoms with E-state index >= 15 is 0 Å². The third-order valence-corrected chi connectivity index (χ3v) is 2.79. The second-order valence-corrected chi connectivity index (χ2v) is 4.74. The lowest BCUT2D eigenvalue weighted by Gasteiger charge is -2.12. The summed E-state index contributed by atoms with van der Waals surface area (Å²) < 4.78 is 5.50. The standard InChI is InChI=1S/C15H18N2O2/c1-12-8-9-14(19-12)10-17(2)11-15(18)16-13-6-4-3-5-7-13/h3-9H,10-11H2,1-2H3,(H,16,18)/p+1. The zero-order valence-corrected chi connectivity index (χ0v) is 11.3. The number of rotatable bonds is 5. The summed E-state index contributed by atoms with van der Waals surface area (Å²) in [6, 6.07) is 13.4. The van der Waals surface area contributed by atoms with Gasteiger partial charge in [0, 0.05) is 5.69 Å². The highest BCUT2D eigenvalue weighted by atomic mass is 16.3. The van der Waals surface area contributed by atoms with Crippen molar-refractivity contribution in [3.8, 4) is 0 Å². The number of amides is 1. The van der Waals surface area contributed by atoms with Crippen molar-refractivity contribution in [2.45, 2.75) is 13.5 Å². The third kappa shape index (κ3) is 4.26. The molecule has 4 heteroatoms. The zero-order chi connectivity index (χ0) is 13.7. The van der Waals surface area contributed by atoms with Crippen LogP contribution in [0, 0.1) is 6.92 Å². The van der Waals surface area contributed by atoms with E-state index in [1.165, 1.54) is 0 Å². The van der Waals surface area contributed by atoms with E-state index in [1.807, 2.05) is 56.4 Å². The van der Waals surface area contributed by atoms with Gasteiger partial charge in [0.25, 0.3) is 5.91 Å². The molecule has 4 nitrogen and oxygen atoms in total. The Bertz CT molecular complexity index is 534. The topological polar surface area (TPSA) is 46.7 Å². The Morgan fingerprint density at radius 1 is 1.21 bits per heavy atom. The van der Waals surface area contributed by atoms with Crippen molar-refractivity contribution < 1.29 is 14.1 Å². The Morgan fingerprint density at radius 2 is 1.95 bits per heavy atom. The number of aryl methyl sites for hydroxylation is 1. The number of quaternary nitrogens is 1. The highest BCUT2D eigenvalue weighted by Gasteiger charge is 2.12. The van der Waals surface area contributed by atoms with Crippen LogP contribution in [0.2, 0.25) is 0 Å². The fourth-order valence-corrected chi connectivity index (χ4v) is 1.94. The molecule has 0 radical (unpaired) electrons. The van der Waals surface area contributed by atoms with Gasteiger partial charge in [-0.15, -0.1) is 0 Å². The lowest BCUT2D eigenvalue weighted by Crippen LogP contribution is -3.08. The van der Waals surface area contributed by atoms with E-state index in [1.54, 1.807) is 0 Å². The molecule has 1 atom stereocenters. The van der Waals surface area contributed by atoms with Gasteiger partial charge in [-0.3, -0.25) is 4.79 Å². The Labute approximate surface area is 113 Å². The van der Waals surface area contributed by atoms with Crippen LogP contribution in [0.5, 0.6) is 0 Å². The summed E-state index contributed by atoms with van der Waals surface area (Å²) >= 11 is 0. The van der Waals surface area contributed by atoms with Gasteiger partial charge in [0.15, 0.2) is 12.3 Å². The molecule has 1 aromatic heterocycles. The average molecular weight is 259 g/mol. The van der Waals surface area contributed by atoms with Crippen molar-refractivity contribution >= 4 is 11.6 Å². The zero-order valence-electron chi connectivity index (χ0n) is 11.3. The quantitative estimate of drug-likeness (QED) is 0.848. The fraction of sp³-hybridized carbons (Fsp3) is 0.267. The first kappa shape index (κ1) is 13.4. The summed E-state index contributed by atoms with van der Waals surface area (Å²) in [5.74, 6) is 1.81. The minimum atomic E-state index is 0.00646. The van der Waals surface area contributed by atoms with Crippen molar-refractivity contribution in [3.05, 3.63) is 54.0 Å². The number of nitrogens with one attached hydrogen (secondary N) is 2. The number of likely N-dealkylation sites (N-methyl/N-ethyl adjacent to an activating group) is 1. The molecule has 1 heterocycles. The van der Waals surface area contributed by atoms with Gasteiger partial charge in [0.05, 0.1) is 7.05 Å². The van der Waals surface area contributed by atoms with Gasteiger partial charge >= 0.3 is 0 Å². The summed E-state index contributed by atoms with van der Waals surface area (Å²) in [5, 5.41) is 2.87. The van der Waals surface area contributed by atoms with Crippen LogP contribution in [0.25, 0.3) is 0 Å². The van der Waals surface area contributed by atoms with Gasteiger partial charge < -0.3 is 14.6 Å². The average Bonchev–Trinajstić information content (AvgIpc) is 2.75. The number of para-hydroxylation sites is 1. The summed E-state index contributed by atoms with van der Waals surface area (Å²) in [5.41, 5.74) is 0.828. The Morgan fingerprint density at radius 3 is 2.58 bits per heavy atom. The van der Waals surface area contributed by atoms with Crippen LogP contribution in [-0.2, 0) is 11.3 Å². The molecule has 1 unspecified atom stereocenters. The normalized spacial score (nSPS) is 12.1. The van der Waals surface area contributed by atoms with Crippen LogP contribution in [0.3, 0.4) is 0 Å². The van der Waals surface area contributed by atoms with E-state index in [2.05, 4.69) is 5.32 Å². The second-order valence-electron chi connectivity index (χ2n) is 4.74.